The molecule has 4 aromatic carbocycles. The summed E-state index contributed by atoms with van der Waals surface area (Å²) in [6.07, 6.45) is -5.39. The number of aryl methyl sites for hydroxylation is 1. The van der Waals surface area contributed by atoms with Crippen molar-refractivity contribution in [2.75, 3.05) is 4.90 Å². The average molecular weight is 794 g/mol. The number of aromatic nitrogens is 3. The molecule has 0 atom stereocenters. The van der Waals surface area contributed by atoms with Gasteiger partial charge < -0.3 is 9.47 Å². The van der Waals surface area contributed by atoms with Gasteiger partial charge in [-0.05, 0) is 95.4 Å². The van der Waals surface area contributed by atoms with Crippen molar-refractivity contribution in [3.63, 3.8) is 0 Å². The molecule has 11 nitrogen and oxygen atoms in total. The number of hydrogen-bond acceptors (Lipinski definition) is 8. The van der Waals surface area contributed by atoms with Crippen LogP contribution in [-0.4, -0.2) is 50.8 Å². The predicted molar refractivity (Wildman–Crippen MR) is 198 cm³/mol. The summed E-state index contributed by atoms with van der Waals surface area (Å²) in [4.78, 5) is 36.8. The highest BCUT2D eigenvalue weighted by molar-refractivity contribution is 8.19. The van der Waals surface area contributed by atoms with E-state index in [0.717, 1.165) is 35.0 Å². The molecular weight excluding hydrogens is 765 g/mol. The molecule has 2 heterocycles. The van der Waals surface area contributed by atoms with E-state index in [9.17, 15) is 35.9 Å². The van der Waals surface area contributed by atoms with Gasteiger partial charge in [-0.2, -0.15) is 10.1 Å². The van der Waals surface area contributed by atoms with Gasteiger partial charge in [0.15, 0.2) is 11.0 Å². The van der Waals surface area contributed by atoms with E-state index >= 15 is 0 Å². The van der Waals surface area contributed by atoms with Crippen molar-refractivity contribution in [2.24, 2.45) is 10.1 Å². The van der Waals surface area contributed by atoms with E-state index in [-0.39, 0.29) is 21.7 Å². The first kappa shape index (κ1) is 39.3. The van der Waals surface area contributed by atoms with Gasteiger partial charge in [0.05, 0.1) is 22.5 Å². The molecule has 0 unspecified atom stereocenters. The number of rotatable bonds is 9. The third-order valence-corrected chi connectivity index (χ3v) is 8.80. The molecule has 1 saturated heterocycles. The van der Waals surface area contributed by atoms with E-state index in [1.807, 2.05) is 39.0 Å². The molecule has 0 radical (unpaired) electrons. The Balaban J connectivity index is 1.16. The summed E-state index contributed by atoms with van der Waals surface area (Å²) in [5.74, 6) is -0.925. The predicted octanol–water partition coefficient (Wildman–Crippen LogP) is 9.38. The number of amidine groups is 1. The van der Waals surface area contributed by atoms with E-state index in [1.54, 1.807) is 24.3 Å². The van der Waals surface area contributed by atoms with Gasteiger partial charge in [0.1, 0.15) is 17.8 Å². The lowest BCUT2D eigenvalue weighted by Crippen LogP contribution is -2.31. The minimum Gasteiger partial charge on any atom is -0.406 e. The highest BCUT2D eigenvalue weighted by Crippen LogP contribution is 2.40. The Kier molecular flexibility index (Phi) is 11.3. The van der Waals surface area contributed by atoms with Crippen LogP contribution in [0.15, 0.2) is 112 Å². The fourth-order valence-electron chi connectivity index (χ4n) is 5.33. The molecule has 0 spiro atoms. The quantitative estimate of drug-likeness (QED) is 0.0683. The van der Waals surface area contributed by atoms with Crippen LogP contribution in [0.3, 0.4) is 0 Å². The van der Waals surface area contributed by atoms with Crippen LogP contribution in [0.25, 0.3) is 23.2 Å². The average Bonchev–Trinajstić information content (AvgIpc) is 3.73. The molecule has 0 saturated carbocycles. The zero-order valence-corrected chi connectivity index (χ0v) is 30.3. The number of ether oxygens (including phenoxy) is 2. The third kappa shape index (κ3) is 10.0. The van der Waals surface area contributed by atoms with Crippen LogP contribution in [0.2, 0.25) is 0 Å². The van der Waals surface area contributed by atoms with Crippen molar-refractivity contribution < 1.29 is 45.4 Å². The van der Waals surface area contributed by atoms with Gasteiger partial charge in [0.2, 0.25) is 0 Å². The summed E-state index contributed by atoms with van der Waals surface area (Å²) in [7, 11) is 0. The molecule has 1 aliphatic rings. The number of halogens is 6. The van der Waals surface area contributed by atoms with Crippen LogP contribution in [0.5, 0.6) is 11.5 Å². The first-order chi connectivity index (χ1) is 26.5. The summed E-state index contributed by atoms with van der Waals surface area (Å²) in [6, 6.07) is 21.7. The van der Waals surface area contributed by atoms with Crippen LogP contribution in [0.4, 0.5) is 36.8 Å². The molecule has 18 heteroatoms. The van der Waals surface area contributed by atoms with Gasteiger partial charge >= 0.3 is 18.8 Å². The van der Waals surface area contributed by atoms with E-state index < -0.39 is 30.4 Å². The Hall–Kier alpha value is -6.43. The molecule has 1 aliphatic heterocycles. The fourth-order valence-corrected chi connectivity index (χ4v) is 6.30. The smallest absolute Gasteiger partial charge is 0.406 e. The van der Waals surface area contributed by atoms with E-state index in [0.29, 0.717) is 33.9 Å². The number of anilines is 1. The van der Waals surface area contributed by atoms with Gasteiger partial charge in [0, 0.05) is 5.56 Å². The Morgan fingerprint density at radius 2 is 1.46 bits per heavy atom. The van der Waals surface area contributed by atoms with E-state index in [2.05, 4.69) is 35.1 Å². The number of urea groups is 1. The zero-order valence-electron chi connectivity index (χ0n) is 29.5. The molecule has 1 aromatic heterocycles. The van der Waals surface area contributed by atoms with Crippen molar-refractivity contribution in [3.8, 4) is 28.6 Å². The maximum atomic E-state index is 13.9. The summed E-state index contributed by atoms with van der Waals surface area (Å²) >= 11 is 0.921. The second kappa shape index (κ2) is 16.1. The first-order valence-electron chi connectivity index (χ1n) is 16.5. The second-order valence-corrected chi connectivity index (χ2v) is 13.3. The summed E-state index contributed by atoms with van der Waals surface area (Å²) in [6.45, 7) is 5.78. The molecule has 56 heavy (non-hydrogen) atoms. The highest BCUT2D eigenvalue weighted by Gasteiger charge is 2.37. The number of nitrogens with zero attached hydrogens (tertiary/aromatic N) is 6. The van der Waals surface area contributed by atoms with Gasteiger partial charge in [-0.25, -0.2) is 19.9 Å². The Morgan fingerprint density at radius 1 is 0.857 bits per heavy atom. The number of amides is 3. The summed E-state index contributed by atoms with van der Waals surface area (Å²) < 4.78 is 84.6. The van der Waals surface area contributed by atoms with E-state index in [4.69, 9.17) is 0 Å². The summed E-state index contributed by atoms with van der Waals surface area (Å²) in [5, 5.41) is 8.41. The number of aliphatic imine (C=N–C) groups is 1. The topological polar surface area (TPSA) is 123 Å². The van der Waals surface area contributed by atoms with Crippen molar-refractivity contribution in [2.45, 2.75) is 39.4 Å². The molecule has 6 rings (SSSR count). The summed E-state index contributed by atoms with van der Waals surface area (Å²) in [5.41, 5.74) is 6.64. The normalized spacial score (nSPS) is 15.0. The standard InChI is InChI=1S/C38H29F6N7O4S/c1-22(2)30-17-4-23(3)18-31(30)51-34(52)32(19-24-7-13-28(14-8-24)54-37(39,40)41)56-36(51)47-35(53)48-46-20-25-5-9-26(10-6-25)33-45-21-50(49-33)27-11-15-29(16-12-27)55-38(42,43)44/h4-22H,1-3H3,(H,48,53)/b32-19+,46-20+,47-36?. The van der Waals surface area contributed by atoms with Crippen molar-refractivity contribution in [1.82, 2.24) is 20.2 Å². The number of hydrazone groups is 1. The molecule has 288 valence electrons. The maximum Gasteiger partial charge on any atom is 0.573 e. The van der Waals surface area contributed by atoms with Crippen molar-refractivity contribution >= 4 is 46.8 Å². The third-order valence-electron chi connectivity index (χ3n) is 7.83. The minimum absolute atomic E-state index is 0.00216. The lowest BCUT2D eigenvalue weighted by molar-refractivity contribution is -0.275. The number of alkyl halides is 6. The van der Waals surface area contributed by atoms with Gasteiger partial charge in [-0.1, -0.05) is 62.4 Å². The largest absolute Gasteiger partial charge is 0.573 e. The van der Waals surface area contributed by atoms with Crippen LogP contribution >= 0.6 is 11.8 Å². The lowest BCUT2D eigenvalue weighted by atomic mass is 9.98. The SMILES string of the molecule is Cc1ccc(C(C)C)c(N2C(=O)/C(=C\c3ccc(OC(F)(F)F)cc3)SC2=NC(=O)N/N=C/c2ccc(-c3ncn(-c4ccc(OC(F)(F)F)cc4)n3)cc2)c1. The Morgan fingerprint density at radius 3 is 2.07 bits per heavy atom. The number of benzene rings is 4. The lowest BCUT2D eigenvalue weighted by Gasteiger charge is -2.22. The molecule has 3 amide bonds. The first-order valence-corrected chi connectivity index (χ1v) is 17.3. The number of thioether (sulfide) groups is 1. The van der Waals surface area contributed by atoms with Crippen molar-refractivity contribution in [1.29, 1.82) is 0 Å². The number of carbonyl (C=O) groups excluding carboxylic acids is 2. The maximum absolute atomic E-state index is 13.9. The zero-order chi connectivity index (χ0) is 40.2. The van der Waals surface area contributed by atoms with E-state index in [1.165, 1.54) is 64.6 Å². The molecule has 1 fully saturated rings. The number of carbonyl (C=O) groups is 2. The minimum atomic E-state index is -4.85. The van der Waals surface area contributed by atoms with Crippen LogP contribution in [0.1, 0.15) is 42.0 Å². The van der Waals surface area contributed by atoms with Crippen molar-refractivity contribution in [3.05, 3.63) is 124 Å². The molecule has 0 aliphatic carbocycles. The molecule has 1 N–H and O–H groups in total. The molecular formula is C38H29F6N7O4S. The van der Waals surface area contributed by atoms with Gasteiger partial charge in [-0.15, -0.1) is 31.4 Å². The van der Waals surface area contributed by atoms with Crippen LogP contribution < -0.4 is 19.8 Å². The number of hydrogen-bond donors (Lipinski definition) is 1. The number of nitrogens with one attached hydrogen (secondary N) is 1. The fraction of sp³-hybridized carbons (Fsp3) is 0.158. The highest BCUT2D eigenvalue weighted by atomic mass is 32.2. The molecule has 0 bridgehead atoms. The Labute approximate surface area is 319 Å². The van der Waals surface area contributed by atoms with Gasteiger partial charge in [-0.3, -0.25) is 9.69 Å². The second-order valence-electron chi connectivity index (χ2n) is 12.3. The van der Waals surface area contributed by atoms with Crippen LogP contribution in [-0.2, 0) is 4.79 Å². The Bertz CT molecular complexity index is 2320. The monoisotopic (exact) mass is 793 g/mol. The molecule has 5 aromatic rings. The van der Waals surface area contributed by atoms with Crippen LogP contribution in [0, 0.1) is 6.92 Å². The van der Waals surface area contributed by atoms with Gasteiger partial charge in [0.25, 0.3) is 5.91 Å².